The van der Waals surface area contributed by atoms with Gasteiger partial charge in [-0.05, 0) is 32.4 Å². The molecule has 4 nitrogen and oxygen atoms in total. The van der Waals surface area contributed by atoms with E-state index < -0.39 is 5.82 Å². The van der Waals surface area contributed by atoms with Crippen molar-refractivity contribution < 1.29 is 45.1 Å². The minimum absolute atomic E-state index is 0. The standard InChI is InChI=1S/C19H21FO3.CH4O.W/c1-4-22-11-10-16-13(2)19(17(20)14(3)18(16)21)23-12-15-8-6-5-7-9-15;1-2;/h5-11,21H,4,12H2,1-3H3;2H,1H3;/b11-10+;;. The molecule has 2 aromatic carbocycles. The van der Waals surface area contributed by atoms with Gasteiger partial charge in [0.05, 0.1) is 12.9 Å². The maximum atomic E-state index is 14.5. The van der Waals surface area contributed by atoms with Crippen molar-refractivity contribution in [2.24, 2.45) is 0 Å². The molecule has 2 N–H and O–H groups in total. The van der Waals surface area contributed by atoms with E-state index in [1.165, 1.54) is 13.2 Å². The summed E-state index contributed by atoms with van der Waals surface area (Å²) in [6.07, 6.45) is 3.11. The second-order valence-electron chi connectivity index (χ2n) is 5.19. The molecule has 0 aliphatic carbocycles. The number of halogens is 1. The van der Waals surface area contributed by atoms with Gasteiger partial charge in [-0.25, -0.2) is 4.39 Å². The molecule has 0 saturated heterocycles. The molecule has 0 aliphatic rings. The number of aliphatic hydroxyl groups excluding tert-OH is 1. The van der Waals surface area contributed by atoms with E-state index in [1.54, 1.807) is 13.0 Å². The Morgan fingerprint density at radius 3 is 2.27 bits per heavy atom. The number of ether oxygens (including phenoxy) is 2. The summed E-state index contributed by atoms with van der Waals surface area (Å²) < 4.78 is 25.3. The number of aromatic hydroxyl groups is 1. The molecule has 0 unspecified atom stereocenters. The first-order valence-corrected chi connectivity index (χ1v) is 7.97. The van der Waals surface area contributed by atoms with Gasteiger partial charge in [0.2, 0.25) is 0 Å². The van der Waals surface area contributed by atoms with Crippen molar-refractivity contribution in [3.8, 4) is 11.5 Å². The fourth-order valence-electron chi connectivity index (χ4n) is 2.26. The molecule has 26 heavy (non-hydrogen) atoms. The normalized spacial score (nSPS) is 9.92. The zero-order chi connectivity index (χ0) is 18.8. The van der Waals surface area contributed by atoms with E-state index in [2.05, 4.69) is 0 Å². The summed E-state index contributed by atoms with van der Waals surface area (Å²) in [6, 6.07) is 9.55. The SMILES string of the molecule is CCO/C=C/c1c(C)c(OCc2ccccc2)c(F)c(C)c1O.CO.[W]. The summed E-state index contributed by atoms with van der Waals surface area (Å²) >= 11 is 0. The molecular weight excluding hydrogens is 507 g/mol. The van der Waals surface area contributed by atoms with Gasteiger partial charge in [0.15, 0.2) is 11.6 Å². The van der Waals surface area contributed by atoms with Crippen LogP contribution in [0.4, 0.5) is 4.39 Å². The minimum atomic E-state index is -0.538. The summed E-state index contributed by atoms with van der Waals surface area (Å²) in [5.41, 5.74) is 2.15. The van der Waals surface area contributed by atoms with Crippen molar-refractivity contribution in [2.45, 2.75) is 27.4 Å². The number of phenolic OH excluding ortho intramolecular Hbond substituents is 1. The molecule has 0 amide bonds. The third-order valence-electron chi connectivity index (χ3n) is 3.61. The van der Waals surface area contributed by atoms with Crippen molar-refractivity contribution in [1.29, 1.82) is 0 Å². The Kier molecular flexibility index (Phi) is 11.6. The zero-order valence-electron chi connectivity index (χ0n) is 15.5. The summed E-state index contributed by atoms with van der Waals surface area (Å²) in [6.45, 7) is 5.89. The van der Waals surface area contributed by atoms with Gasteiger partial charge in [-0.15, -0.1) is 0 Å². The first-order valence-electron chi connectivity index (χ1n) is 7.97. The van der Waals surface area contributed by atoms with Gasteiger partial charge in [-0.3, -0.25) is 0 Å². The average molecular weight is 532 g/mol. The van der Waals surface area contributed by atoms with Crippen LogP contribution in [-0.4, -0.2) is 23.9 Å². The van der Waals surface area contributed by atoms with Crippen LogP contribution >= 0.6 is 0 Å². The third kappa shape index (κ3) is 6.15. The number of hydrogen-bond acceptors (Lipinski definition) is 4. The van der Waals surface area contributed by atoms with Crippen molar-refractivity contribution in [1.82, 2.24) is 0 Å². The number of rotatable bonds is 6. The molecule has 0 bridgehead atoms. The van der Waals surface area contributed by atoms with Crippen LogP contribution in [0.25, 0.3) is 6.08 Å². The summed E-state index contributed by atoms with van der Waals surface area (Å²) in [5, 5.41) is 17.2. The second-order valence-corrected chi connectivity index (χ2v) is 5.19. The molecular formula is C20H25FO4W. The van der Waals surface area contributed by atoms with Gasteiger partial charge < -0.3 is 19.7 Å². The van der Waals surface area contributed by atoms with Crippen LogP contribution in [0.1, 0.15) is 29.2 Å². The maximum absolute atomic E-state index is 14.5. The Balaban J connectivity index is 0.00000201. The first kappa shape index (κ1) is 24.2. The molecule has 0 spiro atoms. The van der Waals surface area contributed by atoms with Crippen LogP contribution in [0.15, 0.2) is 36.6 Å². The van der Waals surface area contributed by atoms with Crippen molar-refractivity contribution in [3.05, 3.63) is 64.7 Å². The quantitative estimate of drug-likeness (QED) is 0.544. The molecule has 142 valence electrons. The molecule has 0 radical (unpaired) electrons. The van der Waals surface area contributed by atoms with E-state index in [-0.39, 0.29) is 44.7 Å². The van der Waals surface area contributed by atoms with Gasteiger partial charge >= 0.3 is 0 Å². The van der Waals surface area contributed by atoms with Gasteiger partial charge in [-0.1, -0.05) is 30.3 Å². The van der Waals surface area contributed by atoms with Crippen LogP contribution in [-0.2, 0) is 32.4 Å². The maximum Gasteiger partial charge on any atom is 0.171 e. The first-order chi connectivity index (χ1) is 12.1. The Bertz CT molecular complexity index is 703. The largest absolute Gasteiger partial charge is 0.507 e. The zero-order valence-corrected chi connectivity index (χ0v) is 18.4. The van der Waals surface area contributed by atoms with Gasteiger partial charge in [0.1, 0.15) is 12.4 Å². The van der Waals surface area contributed by atoms with Gasteiger partial charge in [0.25, 0.3) is 0 Å². The van der Waals surface area contributed by atoms with E-state index in [4.69, 9.17) is 14.6 Å². The monoisotopic (exact) mass is 532 g/mol. The predicted octanol–water partition coefficient (Wildman–Crippen LogP) is 4.34. The minimum Gasteiger partial charge on any atom is -0.507 e. The Morgan fingerprint density at radius 1 is 1.08 bits per heavy atom. The van der Waals surface area contributed by atoms with Crippen LogP contribution in [0.5, 0.6) is 11.5 Å². The predicted molar refractivity (Wildman–Crippen MR) is 97.1 cm³/mol. The smallest absolute Gasteiger partial charge is 0.171 e. The van der Waals surface area contributed by atoms with Crippen molar-refractivity contribution in [3.63, 3.8) is 0 Å². The van der Waals surface area contributed by atoms with E-state index in [0.717, 1.165) is 12.7 Å². The summed E-state index contributed by atoms with van der Waals surface area (Å²) in [4.78, 5) is 0. The van der Waals surface area contributed by atoms with E-state index in [0.29, 0.717) is 17.7 Å². The van der Waals surface area contributed by atoms with Crippen LogP contribution in [0.2, 0.25) is 0 Å². The Hall–Kier alpha value is -1.84. The summed E-state index contributed by atoms with van der Waals surface area (Å²) in [5.74, 6) is -0.479. The third-order valence-corrected chi connectivity index (χ3v) is 3.61. The van der Waals surface area contributed by atoms with Gasteiger partial charge in [-0.2, -0.15) is 0 Å². The molecule has 0 aliphatic heterocycles. The van der Waals surface area contributed by atoms with E-state index in [9.17, 15) is 9.50 Å². The Morgan fingerprint density at radius 2 is 1.69 bits per heavy atom. The van der Waals surface area contributed by atoms with E-state index in [1.807, 2.05) is 37.3 Å². The molecule has 2 aromatic rings. The topological polar surface area (TPSA) is 58.9 Å². The van der Waals surface area contributed by atoms with Crippen LogP contribution in [0, 0.1) is 19.7 Å². The summed E-state index contributed by atoms with van der Waals surface area (Å²) in [7, 11) is 1.00. The van der Waals surface area contributed by atoms with Crippen molar-refractivity contribution in [2.75, 3.05) is 13.7 Å². The molecule has 6 heteroatoms. The van der Waals surface area contributed by atoms with Crippen LogP contribution in [0.3, 0.4) is 0 Å². The molecule has 0 heterocycles. The number of phenols is 1. The number of aliphatic hydroxyl groups is 1. The van der Waals surface area contributed by atoms with Crippen molar-refractivity contribution >= 4 is 6.08 Å². The van der Waals surface area contributed by atoms with Crippen LogP contribution < -0.4 is 4.74 Å². The average Bonchev–Trinajstić information content (AvgIpc) is 2.65. The van der Waals surface area contributed by atoms with Gasteiger partial charge in [0, 0.05) is 44.9 Å². The molecule has 0 atom stereocenters. The van der Waals surface area contributed by atoms with E-state index >= 15 is 0 Å². The molecule has 0 fully saturated rings. The molecule has 2 rings (SSSR count). The molecule has 0 saturated carbocycles. The Labute approximate surface area is 168 Å². The fourth-order valence-corrected chi connectivity index (χ4v) is 2.26. The number of benzene rings is 2. The second kappa shape index (κ2) is 12.5. The molecule has 0 aromatic heterocycles. The fraction of sp³-hybridized carbons (Fsp3) is 0.300. The number of hydrogen-bond donors (Lipinski definition) is 2.